The van der Waals surface area contributed by atoms with Crippen LogP contribution in [0.3, 0.4) is 0 Å². The molecule has 0 radical (unpaired) electrons. The van der Waals surface area contributed by atoms with Crippen LogP contribution in [0.15, 0.2) is 11.4 Å². The fourth-order valence-corrected chi connectivity index (χ4v) is 2.72. The molecule has 0 spiro atoms. The van der Waals surface area contributed by atoms with Crippen molar-refractivity contribution in [2.45, 2.75) is 39.7 Å². The molecular weight excluding hydrogens is 333 g/mol. The second-order valence-corrected chi connectivity index (χ2v) is 7.29. The zero-order valence-electron chi connectivity index (χ0n) is 9.92. The minimum absolute atomic E-state index is 0.0513. The van der Waals surface area contributed by atoms with Gasteiger partial charge in [0.15, 0.2) is 0 Å². The topological polar surface area (TPSA) is 29.1 Å². The standard InChI is InChI=1S/C12H18INOS/c1-8(2)4-5-9(3)14-12(15)10-6-11(13)16-7-10/h6-9H,4-5H2,1-3H3,(H,14,15). The molecule has 1 rings (SSSR count). The molecule has 1 amide bonds. The summed E-state index contributed by atoms with van der Waals surface area (Å²) >= 11 is 3.84. The van der Waals surface area contributed by atoms with Gasteiger partial charge in [-0.2, -0.15) is 0 Å². The van der Waals surface area contributed by atoms with Gasteiger partial charge in [-0.25, -0.2) is 0 Å². The molecule has 4 heteroatoms. The fourth-order valence-electron chi connectivity index (χ4n) is 1.39. The van der Waals surface area contributed by atoms with E-state index >= 15 is 0 Å². The SMILES string of the molecule is CC(C)CCC(C)NC(=O)c1csc(I)c1. The summed E-state index contributed by atoms with van der Waals surface area (Å²) < 4.78 is 1.15. The van der Waals surface area contributed by atoms with Crippen molar-refractivity contribution in [3.8, 4) is 0 Å². The maximum atomic E-state index is 11.8. The molecule has 0 aliphatic heterocycles. The number of carbonyl (C=O) groups is 1. The Balaban J connectivity index is 2.39. The molecule has 0 fully saturated rings. The Kier molecular flexibility index (Phi) is 5.75. The lowest BCUT2D eigenvalue weighted by Gasteiger charge is -2.14. The van der Waals surface area contributed by atoms with Crippen molar-refractivity contribution in [2.75, 3.05) is 0 Å². The predicted molar refractivity (Wildman–Crippen MR) is 78.0 cm³/mol. The van der Waals surface area contributed by atoms with Crippen molar-refractivity contribution < 1.29 is 4.79 Å². The van der Waals surface area contributed by atoms with E-state index in [1.54, 1.807) is 11.3 Å². The number of halogens is 1. The average molecular weight is 351 g/mol. The highest BCUT2D eigenvalue weighted by Gasteiger charge is 2.11. The largest absolute Gasteiger partial charge is 0.350 e. The monoisotopic (exact) mass is 351 g/mol. The smallest absolute Gasteiger partial charge is 0.252 e. The van der Waals surface area contributed by atoms with Crippen LogP contribution in [0.5, 0.6) is 0 Å². The van der Waals surface area contributed by atoms with Crippen LogP contribution in [0.4, 0.5) is 0 Å². The van der Waals surface area contributed by atoms with Crippen LogP contribution >= 0.6 is 33.9 Å². The summed E-state index contributed by atoms with van der Waals surface area (Å²) in [4.78, 5) is 11.8. The van der Waals surface area contributed by atoms with Gasteiger partial charge in [-0.05, 0) is 54.3 Å². The molecule has 90 valence electrons. The highest BCUT2D eigenvalue weighted by molar-refractivity contribution is 14.1. The number of rotatable bonds is 5. The van der Waals surface area contributed by atoms with Crippen molar-refractivity contribution in [3.63, 3.8) is 0 Å². The first kappa shape index (κ1) is 14.0. The lowest BCUT2D eigenvalue weighted by Crippen LogP contribution is -2.32. The molecule has 1 unspecified atom stereocenters. The summed E-state index contributed by atoms with van der Waals surface area (Å²) in [6.45, 7) is 6.48. The summed E-state index contributed by atoms with van der Waals surface area (Å²) in [5, 5.41) is 4.94. The van der Waals surface area contributed by atoms with Gasteiger partial charge < -0.3 is 5.32 Å². The van der Waals surface area contributed by atoms with Crippen molar-refractivity contribution in [3.05, 3.63) is 19.9 Å². The Bertz CT molecular complexity index is 349. The van der Waals surface area contributed by atoms with Gasteiger partial charge in [-0.3, -0.25) is 4.79 Å². The maximum Gasteiger partial charge on any atom is 0.252 e. The van der Waals surface area contributed by atoms with E-state index in [1.165, 1.54) is 0 Å². The molecule has 1 atom stereocenters. The quantitative estimate of drug-likeness (QED) is 0.801. The Morgan fingerprint density at radius 3 is 2.62 bits per heavy atom. The van der Waals surface area contributed by atoms with Gasteiger partial charge in [-0.15, -0.1) is 11.3 Å². The fraction of sp³-hybridized carbons (Fsp3) is 0.583. The van der Waals surface area contributed by atoms with Crippen LogP contribution < -0.4 is 5.32 Å². The lowest BCUT2D eigenvalue weighted by atomic mass is 10.0. The Morgan fingerprint density at radius 1 is 1.44 bits per heavy atom. The van der Waals surface area contributed by atoms with Gasteiger partial charge in [0.25, 0.3) is 5.91 Å². The molecular formula is C12H18INOS. The molecule has 1 N–H and O–H groups in total. The van der Waals surface area contributed by atoms with Crippen LogP contribution in [-0.4, -0.2) is 11.9 Å². The summed E-state index contributed by atoms with van der Waals surface area (Å²) in [6.07, 6.45) is 2.20. The second kappa shape index (κ2) is 6.59. The van der Waals surface area contributed by atoms with Gasteiger partial charge in [0, 0.05) is 11.4 Å². The zero-order valence-corrected chi connectivity index (χ0v) is 12.9. The van der Waals surface area contributed by atoms with E-state index in [0.29, 0.717) is 5.92 Å². The minimum atomic E-state index is 0.0513. The van der Waals surface area contributed by atoms with Crippen LogP contribution in [0.1, 0.15) is 44.0 Å². The van der Waals surface area contributed by atoms with Crippen LogP contribution in [-0.2, 0) is 0 Å². The Labute approximate surface area is 115 Å². The summed E-state index contributed by atoms with van der Waals surface area (Å²) in [7, 11) is 0. The van der Waals surface area contributed by atoms with E-state index in [-0.39, 0.29) is 11.9 Å². The minimum Gasteiger partial charge on any atom is -0.350 e. The molecule has 0 aliphatic rings. The Hall–Kier alpha value is -0.100. The molecule has 1 heterocycles. The van der Waals surface area contributed by atoms with E-state index in [4.69, 9.17) is 0 Å². The van der Waals surface area contributed by atoms with Gasteiger partial charge in [0.1, 0.15) is 0 Å². The van der Waals surface area contributed by atoms with Crippen LogP contribution in [0, 0.1) is 8.80 Å². The zero-order chi connectivity index (χ0) is 12.1. The number of hydrogen-bond donors (Lipinski definition) is 1. The summed E-state index contributed by atoms with van der Waals surface area (Å²) in [5.41, 5.74) is 0.783. The molecule has 0 bridgehead atoms. The number of carbonyl (C=O) groups excluding carboxylic acids is 1. The maximum absolute atomic E-state index is 11.8. The average Bonchev–Trinajstić information content (AvgIpc) is 2.62. The molecule has 0 saturated carbocycles. The number of hydrogen-bond acceptors (Lipinski definition) is 2. The lowest BCUT2D eigenvalue weighted by molar-refractivity contribution is 0.0937. The van der Waals surface area contributed by atoms with Gasteiger partial charge in [0.2, 0.25) is 0 Å². The van der Waals surface area contributed by atoms with E-state index in [9.17, 15) is 4.79 Å². The van der Waals surface area contributed by atoms with Crippen molar-refractivity contribution in [2.24, 2.45) is 5.92 Å². The summed E-state index contributed by atoms with van der Waals surface area (Å²) in [6, 6.07) is 2.18. The molecule has 1 aromatic rings. The molecule has 16 heavy (non-hydrogen) atoms. The van der Waals surface area contributed by atoms with Gasteiger partial charge >= 0.3 is 0 Å². The number of nitrogens with one attached hydrogen (secondary N) is 1. The molecule has 0 saturated heterocycles. The first-order valence-electron chi connectivity index (χ1n) is 5.54. The third-order valence-electron chi connectivity index (χ3n) is 2.38. The van der Waals surface area contributed by atoms with Gasteiger partial charge in [0.05, 0.1) is 8.45 Å². The molecule has 1 aromatic heterocycles. The van der Waals surface area contributed by atoms with Crippen LogP contribution in [0.25, 0.3) is 0 Å². The van der Waals surface area contributed by atoms with Crippen molar-refractivity contribution >= 4 is 39.8 Å². The highest BCUT2D eigenvalue weighted by atomic mass is 127. The third kappa shape index (κ3) is 4.82. The predicted octanol–water partition coefficient (Wildman–Crippen LogP) is 3.91. The van der Waals surface area contributed by atoms with Crippen molar-refractivity contribution in [1.82, 2.24) is 5.32 Å². The van der Waals surface area contributed by atoms with E-state index < -0.39 is 0 Å². The second-order valence-electron chi connectivity index (χ2n) is 4.49. The van der Waals surface area contributed by atoms with Gasteiger partial charge in [-0.1, -0.05) is 13.8 Å². The third-order valence-corrected chi connectivity index (χ3v) is 4.17. The first-order valence-corrected chi connectivity index (χ1v) is 7.49. The number of amides is 1. The molecule has 2 nitrogen and oxygen atoms in total. The highest BCUT2D eigenvalue weighted by Crippen LogP contribution is 2.16. The first-order chi connectivity index (χ1) is 7.49. The van der Waals surface area contributed by atoms with E-state index in [1.807, 2.05) is 11.4 Å². The van der Waals surface area contributed by atoms with Crippen molar-refractivity contribution in [1.29, 1.82) is 0 Å². The Morgan fingerprint density at radius 2 is 2.12 bits per heavy atom. The van der Waals surface area contributed by atoms with Crippen LogP contribution in [0.2, 0.25) is 0 Å². The van der Waals surface area contributed by atoms with E-state index in [0.717, 1.165) is 21.3 Å². The normalized spacial score (nSPS) is 12.8. The van der Waals surface area contributed by atoms with E-state index in [2.05, 4.69) is 48.7 Å². The molecule has 0 aromatic carbocycles. The number of thiophene rings is 1. The molecule has 0 aliphatic carbocycles. The summed E-state index contributed by atoms with van der Waals surface area (Å²) in [5.74, 6) is 0.747.